The molecule has 1 unspecified atom stereocenters. The SMILES string of the molecule is CCCC(COC)NC(=O)c1cc(S)ccc1Cl. The fourth-order valence-electron chi connectivity index (χ4n) is 1.70. The van der Waals surface area contributed by atoms with E-state index in [0.29, 0.717) is 22.1 Å². The summed E-state index contributed by atoms with van der Waals surface area (Å²) in [4.78, 5) is 12.8. The van der Waals surface area contributed by atoms with Gasteiger partial charge in [0.2, 0.25) is 0 Å². The van der Waals surface area contributed by atoms with Crippen LogP contribution in [-0.2, 0) is 4.74 Å². The van der Waals surface area contributed by atoms with Crippen LogP contribution in [0.3, 0.4) is 0 Å². The maximum atomic E-state index is 12.1. The van der Waals surface area contributed by atoms with Crippen molar-refractivity contribution in [3.63, 3.8) is 0 Å². The lowest BCUT2D eigenvalue weighted by Crippen LogP contribution is -2.38. The Kier molecular flexibility index (Phi) is 6.54. The molecule has 0 radical (unpaired) electrons. The third-order valence-electron chi connectivity index (χ3n) is 2.53. The van der Waals surface area contributed by atoms with Gasteiger partial charge < -0.3 is 10.1 Å². The van der Waals surface area contributed by atoms with E-state index in [1.165, 1.54) is 0 Å². The molecule has 0 aliphatic heterocycles. The molecule has 0 bridgehead atoms. The molecular weight excluding hydrogens is 270 g/mol. The monoisotopic (exact) mass is 287 g/mol. The number of halogens is 1. The van der Waals surface area contributed by atoms with E-state index in [1.54, 1.807) is 25.3 Å². The molecule has 0 spiro atoms. The van der Waals surface area contributed by atoms with Gasteiger partial charge in [-0.3, -0.25) is 4.79 Å². The number of amides is 1. The number of carbonyl (C=O) groups excluding carboxylic acids is 1. The highest BCUT2D eigenvalue weighted by atomic mass is 35.5. The highest BCUT2D eigenvalue weighted by Gasteiger charge is 2.15. The Bertz CT molecular complexity index is 406. The van der Waals surface area contributed by atoms with Crippen molar-refractivity contribution in [2.24, 2.45) is 0 Å². The van der Waals surface area contributed by atoms with Crippen molar-refractivity contribution in [1.82, 2.24) is 5.32 Å². The highest BCUT2D eigenvalue weighted by molar-refractivity contribution is 7.80. The van der Waals surface area contributed by atoms with E-state index in [0.717, 1.165) is 12.8 Å². The van der Waals surface area contributed by atoms with Crippen molar-refractivity contribution in [2.75, 3.05) is 13.7 Å². The van der Waals surface area contributed by atoms with Gasteiger partial charge in [-0.05, 0) is 24.6 Å². The smallest absolute Gasteiger partial charge is 0.253 e. The standard InChI is InChI=1S/C13H18ClNO2S/c1-3-4-9(8-17-2)15-13(16)11-7-10(18)5-6-12(11)14/h5-7,9,18H,3-4,8H2,1-2H3,(H,15,16). The van der Waals surface area contributed by atoms with Crippen LogP contribution >= 0.6 is 24.2 Å². The van der Waals surface area contributed by atoms with Crippen LogP contribution in [0.2, 0.25) is 5.02 Å². The minimum Gasteiger partial charge on any atom is -0.383 e. The van der Waals surface area contributed by atoms with E-state index in [2.05, 4.69) is 24.9 Å². The van der Waals surface area contributed by atoms with Gasteiger partial charge in [-0.1, -0.05) is 24.9 Å². The zero-order chi connectivity index (χ0) is 13.5. The average Bonchev–Trinajstić information content (AvgIpc) is 2.33. The molecule has 18 heavy (non-hydrogen) atoms. The molecule has 0 fully saturated rings. The Morgan fingerprint density at radius 1 is 1.56 bits per heavy atom. The Hall–Kier alpha value is -0.710. The number of benzene rings is 1. The van der Waals surface area contributed by atoms with Gasteiger partial charge in [-0.25, -0.2) is 0 Å². The lowest BCUT2D eigenvalue weighted by molar-refractivity contribution is 0.0891. The second-order valence-corrected chi connectivity index (χ2v) is 5.00. The van der Waals surface area contributed by atoms with Gasteiger partial charge >= 0.3 is 0 Å². The average molecular weight is 288 g/mol. The molecule has 0 aliphatic carbocycles. The lowest BCUT2D eigenvalue weighted by atomic mass is 10.1. The summed E-state index contributed by atoms with van der Waals surface area (Å²) in [5, 5.41) is 3.35. The molecule has 0 aromatic heterocycles. The first-order valence-corrected chi connectivity index (χ1v) is 6.69. The molecule has 1 aromatic rings. The maximum absolute atomic E-state index is 12.1. The van der Waals surface area contributed by atoms with Crippen molar-refractivity contribution in [1.29, 1.82) is 0 Å². The molecule has 0 aliphatic rings. The maximum Gasteiger partial charge on any atom is 0.253 e. The second kappa shape index (κ2) is 7.67. The summed E-state index contributed by atoms with van der Waals surface area (Å²) < 4.78 is 5.08. The molecule has 0 heterocycles. The predicted octanol–water partition coefficient (Wildman–Crippen LogP) is 3.17. The van der Waals surface area contributed by atoms with Crippen LogP contribution in [-0.4, -0.2) is 25.7 Å². The van der Waals surface area contributed by atoms with Crippen molar-refractivity contribution >= 4 is 30.1 Å². The van der Waals surface area contributed by atoms with Gasteiger partial charge in [0.1, 0.15) is 0 Å². The Labute approximate surface area is 118 Å². The summed E-state index contributed by atoms with van der Waals surface area (Å²) in [6.07, 6.45) is 1.85. The van der Waals surface area contributed by atoms with E-state index < -0.39 is 0 Å². The Morgan fingerprint density at radius 2 is 2.28 bits per heavy atom. The van der Waals surface area contributed by atoms with Crippen LogP contribution in [0.25, 0.3) is 0 Å². The molecule has 1 atom stereocenters. The summed E-state index contributed by atoms with van der Waals surface area (Å²) in [5.74, 6) is -0.189. The topological polar surface area (TPSA) is 38.3 Å². The van der Waals surface area contributed by atoms with Gasteiger partial charge in [0, 0.05) is 12.0 Å². The summed E-state index contributed by atoms with van der Waals surface area (Å²) in [7, 11) is 1.62. The van der Waals surface area contributed by atoms with E-state index in [-0.39, 0.29) is 11.9 Å². The second-order valence-electron chi connectivity index (χ2n) is 4.08. The number of ether oxygens (including phenoxy) is 1. The number of methoxy groups -OCH3 is 1. The third kappa shape index (κ3) is 4.52. The molecular formula is C13H18ClNO2S. The molecule has 5 heteroatoms. The van der Waals surface area contributed by atoms with Crippen molar-refractivity contribution in [3.8, 4) is 0 Å². The summed E-state index contributed by atoms with van der Waals surface area (Å²) in [5.41, 5.74) is 0.446. The first kappa shape index (κ1) is 15.3. The highest BCUT2D eigenvalue weighted by Crippen LogP contribution is 2.19. The fraction of sp³-hybridized carbons (Fsp3) is 0.462. The molecule has 3 nitrogen and oxygen atoms in total. The molecule has 0 saturated carbocycles. The number of thiol groups is 1. The van der Waals surface area contributed by atoms with Crippen LogP contribution in [0.4, 0.5) is 0 Å². The zero-order valence-corrected chi connectivity index (χ0v) is 12.2. The third-order valence-corrected chi connectivity index (χ3v) is 3.14. The quantitative estimate of drug-likeness (QED) is 0.789. The van der Waals surface area contributed by atoms with E-state index in [1.807, 2.05) is 0 Å². The Balaban J connectivity index is 2.76. The van der Waals surface area contributed by atoms with Gasteiger partial charge in [0.25, 0.3) is 5.91 Å². The molecule has 1 amide bonds. The molecule has 100 valence electrons. The van der Waals surface area contributed by atoms with Gasteiger partial charge in [0.05, 0.1) is 23.2 Å². The molecule has 1 N–H and O–H groups in total. The number of hydrogen-bond donors (Lipinski definition) is 2. The molecule has 1 rings (SSSR count). The first-order valence-electron chi connectivity index (χ1n) is 5.86. The van der Waals surface area contributed by atoms with E-state index >= 15 is 0 Å². The number of carbonyl (C=O) groups is 1. The van der Waals surface area contributed by atoms with E-state index in [9.17, 15) is 4.79 Å². The minimum absolute atomic E-state index is 0.00661. The van der Waals surface area contributed by atoms with Crippen LogP contribution in [0.1, 0.15) is 30.1 Å². The number of hydrogen-bond acceptors (Lipinski definition) is 3. The van der Waals surface area contributed by atoms with Crippen molar-refractivity contribution in [3.05, 3.63) is 28.8 Å². The summed E-state index contributed by atoms with van der Waals surface area (Å²) in [6.45, 7) is 2.56. The summed E-state index contributed by atoms with van der Waals surface area (Å²) >= 11 is 10.2. The van der Waals surface area contributed by atoms with Crippen LogP contribution in [0, 0.1) is 0 Å². The van der Waals surface area contributed by atoms with Crippen LogP contribution in [0.5, 0.6) is 0 Å². The van der Waals surface area contributed by atoms with Crippen molar-refractivity contribution in [2.45, 2.75) is 30.7 Å². The van der Waals surface area contributed by atoms with Gasteiger partial charge in [-0.2, -0.15) is 0 Å². The fourth-order valence-corrected chi connectivity index (χ4v) is 2.10. The van der Waals surface area contributed by atoms with Crippen LogP contribution < -0.4 is 5.32 Å². The zero-order valence-electron chi connectivity index (χ0n) is 10.6. The lowest BCUT2D eigenvalue weighted by Gasteiger charge is -2.17. The van der Waals surface area contributed by atoms with E-state index in [4.69, 9.17) is 16.3 Å². The largest absolute Gasteiger partial charge is 0.383 e. The minimum atomic E-state index is -0.189. The number of rotatable bonds is 6. The normalized spacial score (nSPS) is 12.2. The molecule has 0 saturated heterocycles. The van der Waals surface area contributed by atoms with Crippen molar-refractivity contribution < 1.29 is 9.53 Å². The molecule has 1 aromatic carbocycles. The first-order chi connectivity index (χ1) is 8.58. The number of nitrogens with one attached hydrogen (secondary N) is 1. The Morgan fingerprint density at radius 3 is 2.89 bits per heavy atom. The van der Waals surface area contributed by atoms with Gasteiger partial charge in [-0.15, -0.1) is 12.6 Å². The van der Waals surface area contributed by atoms with Crippen LogP contribution in [0.15, 0.2) is 23.1 Å². The summed E-state index contributed by atoms with van der Waals surface area (Å²) in [6, 6.07) is 5.09. The predicted molar refractivity (Wildman–Crippen MR) is 76.7 cm³/mol. The van der Waals surface area contributed by atoms with Gasteiger partial charge in [0.15, 0.2) is 0 Å².